The number of nitrogens with one attached hydrogen (secondary N) is 1. The smallest absolute Gasteiger partial charge is 0.432 e. The van der Waals surface area contributed by atoms with Gasteiger partial charge >= 0.3 is 12.1 Å². The highest BCUT2D eigenvalue weighted by Crippen LogP contribution is 2.35. The predicted octanol–water partition coefficient (Wildman–Crippen LogP) is 4.53. The van der Waals surface area contributed by atoms with Crippen molar-refractivity contribution in [3.05, 3.63) is 46.6 Å². The van der Waals surface area contributed by atoms with Crippen LogP contribution in [-0.4, -0.2) is 17.6 Å². The highest BCUT2D eigenvalue weighted by Gasteiger charge is 2.38. The van der Waals surface area contributed by atoms with Crippen molar-refractivity contribution >= 4 is 17.6 Å². The van der Waals surface area contributed by atoms with E-state index in [1.54, 1.807) is 18.2 Å². The minimum atomic E-state index is -4.68. The van der Waals surface area contributed by atoms with Gasteiger partial charge in [-0.2, -0.15) is 13.2 Å². The number of benzene rings is 1. The number of carbonyl (C=O) groups is 1. The monoisotopic (exact) mass is 317 g/mol. The van der Waals surface area contributed by atoms with Gasteiger partial charge in [-0.15, -0.1) is 0 Å². The summed E-state index contributed by atoms with van der Waals surface area (Å²) in [4.78, 5) is 13.9. The molecule has 0 atom stereocenters. The van der Waals surface area contributed by atoms with Crippen molar-refractivity contribution in [1.29, 1.82) is 0 Å². The molecule has 0 radical (unpaired) electrons. The number of alkyl halides is 3. The number of aromatic amines is 1. The van der Waals surface area contributed by atoms with Crippen LogP contribution in [0.1, 0.15) is 23.0 Å². The van der Waals surface area contributed by atoms with E-state index in [4.69, 9.17) is 11.6 Å². The van der Waals surface area contributed by atoms with Crippen LogP contribution >= 0.6 is 11.6 Å². The van der Waals surface area contributed by atoms with Crippen LogP contribution in [0.4, 0.5) is 13.2 Å². The summed E-state index contributed by atoms with van der Waals surface area (Å²) in [5.41, 5.74) is -1.08. The van der Waals surface area contributed by atoms with Crippen LogP contribution in [0.5, 0.6) is 0 Å². The molecular weight excluding hydrogens is 307 g/mol. The Morgan fingerprint density at radius 1 is 1.33 bits per heavy atom. The Morgan fingerprint density at radius 3 is 2.62 bits per heavy atom. The Kier molecular flexibility index (Phi) is 4.27. The molecule has 1 aromatic heterocycles. The molecule has 2 rings (SSSR count). The highest BCUT2D eigenvalue weighted by molar-refractivity contribution is 6.30. The van der Waals surface area contributed by atoms with Gasteiger partial charge in [-0.1, -0.05) is 23.7 Å². The number of H-pyrrole nitrogens is 1. The molecule has 0 aliphatic rings. The van der Waals surface area contributed by atoms with Crippen molar-refractivity contribution in [2.24, 2.45) is 0 Å². The van der Waals surface area contributed by atoms with E-state index in [-0.39, 0.29) is 12.3 Å². The van der Waals surface area contributed by atoms with Crippen LogP contribution in [0, 0.1) is 0 Å². The number of carbonyl (C=O) groups excluding carboxylic acids is 1. The molecule has 0 saturated carbocycles. The number of hydrogen-bond acceptors (Lipinski definition) is 2. The third kappa shape index (κ3) is 3.39. The molecule has 112 valence electrons. The molecule has 1 N–H and O–H groups in total. The van der Waals surface area contributed by atoms with Crippen LogP contribution < -0.4 is 0 Å². The standard InChI is InChI=1S/C14H11ClF3NO2/c1-2-21-13(20)10-7-11(19-12(10)14(16,17)18)8-4-3-5-9(15)6-8/h3-7,19H,2H2,1H3. The lowest BCUT2D eigenvalue weighted by Crippen LogP contribution is -2.14. The maximum atomic E-state index is 13.0. The normalized spacial score (nSPS) is 11.5. The minimum Gasteiger partial charge on any atom is -0.462 e. The quantitative estimate of drug-likeness (QED) is 0.845. The average molecular weight is 318 g/mol. The van der Waals surface area contributed by atoms with Crippen LogP contribution in [0.25, 0.3) is 11.3 Å². The predicted molar refractivity (Wildman–Crippen MR) is 72.2 cm³/mol. The second-order valence-electron chi connectivity index (χ2n) is 4.20. The van der Waals surface area contributed by atoms with Gasteiger partial charge in [0.2, 0.25) is 0 Å². The summed E-state index contributed by atoms with van der Waals surface area (Å²) in [5, 5.41) is 0.383. The van der Waals surface area contributed by atoms with Crippen molar-refractivity contribution in [3.63, 3.8) is 0 Å². The molecule has 1 heterocycles. The van der Waals surface area contributed by atoms with Crippen LogP contribution in [0.2, 0.25) is 5.02 Å². The van der Waals surface area contributed by atoms with Crippen molar-refractivity contribution in [3.8, 4) is 11.3 Å². The zero-order chi connectivity index (χ0) is 15.6. The molecule has 7 heteroatoms. The Balaban J connectivity index is 2.53. The molecule has 21 heavy (non-hydrogen) atoms. The summed E-state index contributed by atoms with van der Waals surface area (Å²) >= 11 is 5.82. The molecule has 0 bridgehead atoms. The van der Waals surface area contributed by atoms with E-state index < -0.39 is 23.4 Å². The number of esters is 1. The maximum Gasteiger partial charge on any atom is 0.432 e. The topological polar surface area (TPSA) is 42.1 Å². The lowest BCUT2D eigenvalue weighted by molar-refractivity contribution is -0.141. The molecule has 0 amide bonds. The van der Waals surface area contributed by atoms with E-state index in [1.165, 1.54) is 13.0 Å². The summed E-state index contributed by atoms with van der Waals surface area (Å²) in [5.74, 6) is -1.02. The van der Waals surface area contributed by atoms with E-state index in [9.17, 15) is 18.0 Å². The average Bonchev–Trinajstić information content (AvgIpc) is 2.84. The van der Waals surface area contributed by atoms with Crippen LogP contribution in [0.15, 0.2) is 30.3 Å². The second-order valence-corrected chi connectivity index (χ2v) is 4.64. The fourth-order valence-electron chi connectivity index (χ4n) is 1.86. The molecule has 1 aromatic carbocycles. The van der Waals surface area contributed by atoms with Gasteiger partial charge in [-0.05, 0) is 30.7 Å². The van der Waals surface area contributed by atoms with Gasteiger partial charge in [0.15, 0.2) is 0 Å². The van der Waals surface area contributed by atoms with Gasteiger partial charge in [0, 0.05) is 10.7 Å². The molecule has 0 spiro atoms. The summed E-state index contributed by atoms with van der Waals surface area (Å²) in [7, 11) is 0. The number of rotatable bonds is 3. The third-order valence-electron chi connectivity index (χ3n) is 2.73. The van der Waals surface area contributed by atoms with E-state index in [1.807, 2.05) is 0 Å². The van der Waals surface area contributed by atoms with Gasteiger partial charge in [0.05, 0.1) is 12.2 Å². The summed E-state index contributed by atoms with van der Waals surface area (Å²) in [6.45, 7) is 1.52. The van der Waals surface area contributed by atoms with Gasteiger partial charge in [0.1, 0.15) is 5.69 Å². The van der Waals surface area contributed by atoms with E-state index in [0.29, 0.717) is 10.6 Å². The fraction of sp³-hybridized carbons (Fsp3) is 0.214. The Morgan fingerprint density at radius 2 is 2.05 bits per heavy atom. The largest absolute Gasteiger partial charge is 0.462 e. The zero-order valence-corrected chi connectivity index (χ0v) is 11.7. The van der Waals surface area contributed by atoms with Gasteiger partial charge in [-0.25, -0.2) is 4.79 Å². The van der Waals surface area contributed by atoms with Crippen molar-refractivity contribution in [2.75, 3.05) is 6.61 Å². The van der Waals surface area contributed by atoms with Gasteiger partial charge < -0.3 is 9.72 Å². The lowest BCUT2D eigenvalue weighted by atomic mass is 10.1. The molecule has 0 saturated heterocycles. The van der Waals surface area contributed by atoms with E-state index in [0.717, 1.165) is 6.07 Å². The molecule has 3 nitrogen and oxygen atoms in total. The maximum absolute atomic E-state index is 13.0. The van der Waals surface area contributed by atoms with Crippen molar-refractivity contribution in [1.82, 2.24) is 4.98 Å². The minimum absolute atomic E-state index is 0.00614. The summed E-state index contributed by atoms with van der Waals surface area (Å²) in [6.07, 6.45) is -4.68. The van der Waals surface area contributed by atoms with E-state index >= 15 is 0 Å². The van der Waals surface area contributed by atoms with Crippen LogP contribution in [0.3, 0.4) is 0 Å². The molecule has 0 unspecified atom stereocenters. The number of ether oxygens (including phenoxy) is 1. The van der Waals surface area contributed by atoms with Gasteiger partial charge in [-0.3, -0.25) is 0 Å². The fourth-order valence-corrected chi connectivity index (χ4v) is 2.05. The number of aromatic nitrogens is 1. The Labute approximate surface area is 123 Å². The number of halogens is 4. The van der Waals surface area contributed by atoms with Crippen molar-refractivity contribution in [2.45, 2.75) is 13.1 Å². The Bertz CT molecular complexity index is 664. The molecule has 0 fully saturated rings. The Hall–Kier alpha value is -1.95. The van der Waals surface area contributed by atoms with Gasteiger partial charge in [0.25, 0.3) is 0 Å². The first-order valence-corrected chi connectivity index (χ1v) is 6.44. The molecule has 0 aliphatic heterocycles. The first-order chi connectivity index (χ1) is 9.82. The molecule has 0 aliphatic carbocycles. The first kappa shape index (κ1) is 15.4. The lowest BCUT2D eigenvalue weighted by Gasteiger charge is -2.07. The summed E-state index contributed by atoms with van der Waals surface area (Å²) < 4.78 is 43.6. The SMILES string of the molecule is CCOC(=O)c1cc(-c2cccc(Cl)c2)[nH]c1C(F)(F)F. The third-order valence-corrected chi connectivity index (χ3v) is 2.97. The molecule has 2 aromatic rings. The van der Waals surface area contributed by atoms with E-state index in [2.05, 4.69) is 9.72 Å². The number of hydrogen-bond donors (Lipinski definition) is 1. The highest BCUT2D eigenvalue weighted by atomic mass is 35.5. The first-order valence-electron chi connectivity index (χ1n) is 6.06. The second kappa shape index (κ2) is 5.81. The van der Waals surface area contributed by atoms with Crippen molar-refractivity contribution < 1.29 is 22.7 Å². The molecular formula is C14H11ClF3NO2. The van der Waals surface area contributed by atoms with Crippen LogP contribution in [-0.2, 0) is 10.9 Å². The summed E-state index contributed by atoms with van der Waals surface area (Å²) in [6, 6.07) is 7.42. The zero-order valence-electron chi connectivity index (χ0n) is 10.9.